The molecule has 0 spiro atoms. The van der Waals surface area contributed by atoms with Crippen LogP contribution in [0.15, 0.2) is 0 Å². The van der Waals surface area contributed by atoms with Crippen LogP contribution < -0.4 is 10.6 Å². The van der Waals surface area contributed by atoms with Crippen LogP contribution in [0.25, 0.3) is 0 Å². The van der Waals surface area contributed by atoms with Crippen molar-refractivity contribution >= 4 is 17.9 Å². The minimum Gasteiger partial charge on any atom is -0.453 e. The Kier molecular flexibility index (Phi) is 5.79. The Hall–Kier alpha value is -1.79. The van der Waals surface area contributed by atoms with E-state index in [0.717, 1.165) is 6.42 Å². The van der Waals surface area contributed by atoms with Crippen molar-refractivity contribution in [2.24, 2.45) is 5.92 Å². The Morgan fingerprint density at radius 2 is 2.00 bits per heavy atom. The van der Waals surface area contributed by atoms with Crippen LogP contribution in [0.4, 0.5) is 4.79 Å². The standard InChI is InChI=1S/C13H23N3O4/c1-8(2)11(15-13(19)20-4)12(18)16-6-5-10(16)7-14-9(3)17/h8,10-11H,5-7H2,1-4H3,(H,14,17)(H,15,19)/t10?,11-/m0/s1. The molecule has 0 aromatic heterocycles. The molecule has 2 N–H and O–H groups in total. The number of carbonyl (C=O) groups excluding carboxylic acids is 3. The van der Waals surface area contributed by atoms with Crippen molar-refractivity contribution in [1.82, 2.24) is 15.5 Å². The van der Waals surface area contributed by atoms with Crippen molar-refractivity contribution in [3.63, 3.8) is 0 Å². The molecular weight excluding hydrogens is 262 g/mol. The molecule has 1 fully saturated rings. The fourth-order valence-electron chi connectivity index (χ4n) is 2.08. The number of ether oxygens (including phenoxy) is 1. The Balaban J connectivity index is 2.60. The van der Waals surface area contributed by atoms with Gasteiger partial charge in [0.15, 0.2) is 0 Å². The predicted octanol–water partition coefficient (Wildman–Crippen LogP) is 0.104. The van der Waals surface area contributed by atoms with E-state index in [0.29, 0.717) is 13.1 Å². The second-order valence-corrected chi connectivity index (χ2v) is 5.27. The van der Waals surface area contributed by atoms with E-state index < -0.39 is 12.1 Å². The lowest BCUT2D eigenvalue weighted by molar-refractivity contribution is -0.142. The average Bonchev–Trinajstić information content (AvgIpc) is 2.33. The first-order valence-corrected chi connectivity index (χ1v) is 6.76. The summed E-state index contributed by atoms with van der Waals surface area (Å²) in [5.41, 5.74) is 0. The van der Waals surface area contributed by atoms with Crippen LogP contribution in [0.3, 0.4) is 0 Å². The molecular formula is C13H23N3O4. The van der Waals surface area contributed by atoms with Gasteiger partial charge in [-0.15, -0.1) is 0 Å². The van der Waals surface area contributed by atoms with Crippen molar-refractivity contribution in [1.29, 1.82) is 0 Å². The summed E-state index contributed by atoms with van der Waals surface area (Å²) in [5, 5.41) is 5.27. The Morgan fingerprint density at radius 1 is 1.35 bits per heavy atom. The zero-order valence-electron chi connectivity index (χ0n) is 12.4. The first-order valence-electron chi connectivity index (χ1n) is 6.76. The fraction of sp³-hybridized carbons (Fsp3) is 0.769. The van der Waals surface area contributed by atoms with Gasteiger partial charge in [-0.1, -0.05) is 13.8 Å². The number of rotatable bonds is 5. The highest BCUT2D eigenvalue weighted by molar-refractivity contribution is 5.86. The van der Waals surface area contributed by atoms with Crippen LogP contribution in [0.2, 0.25) is 0 Å². The zero-order chi connectivity index (χ0) is 15.3. The number of likely N-dealkylation sites (tertiary alicyclic amines) is 1. The van der Waals surface area contributed by atoms with Crippen LogP contribution in [-0.2, 0) is 14.3 Å². The van der Waals surface area contributed by atoms with Gasteiger partial charge >= 0.3 is 6.09 Å². The molecule has 1 saturated heterocycles. The second-order valence-electron chi connectivity index (χ2n) is 5.27. The molecule has 1 aliphatic rings. The van der Waals surface area contributed by atoms with Gasteiger partial charge in [0.2, 0.25) is 11.8 Å². The molecule has 0 aromatic carbocycles. The first kappa shape index (κ1) is 16.3. The molecule has 1 heterocycles. The van der Waals surface area contributed by atoms with E-state index in [1.807, 2.05) is 13.8 Å². The van der Waals surface area contributed by atoms with E-state index in [1.54, 1.807) is 4.90 Å². The summed E-state index contributed by atoms with van der Waals surface area (Å²) in [4.78, 5) is 36.3. The lowest BCUT2D eigenvalue weighted by atomic mass is 9.97. The molecule has 7 heteroatoms. The van der Waals surface area contributed by atoms with E-state index in [1.165, 1.54) is 14.0 Å². The molecule has 0 saturated carbocycles. The molecule has 1 aliphatic heterocycles. The maximum absolute atomic E-state index is 12.4. The van der Waals surface area contributed by atoms with Crippen LogP contribution in [0.1, 0.15) is 27.2 Å². The Morgan fingerprint density at radius 3 is 2.40 bits per heavy atom. The van der Waals surface area contributed by atoms with Gasteiger partial charge in [0.1, 0.15) is 6.04 Å². The number of carbonyl (C=O) groups is 3. The number of nitrogens with one attached hydrogen (secondary N) is 2. The summed E-state index contributed by atoms with van der Waals surface area (Å²) in [5.74, 6) is -0.284. The van der Waals surface area contributed by atoms with Crippen molar-refractivity contribution in [2.75, 3.05) is 20.2 Å². The monoisotopic (exact) mass is 285 g/mol. The van der Waals surface area contributed by atoms with Gasteiger partial charge in [-0.25, -0.2) is 4.79 Å². The van der Waals surface area contributed by atoms with Gasteiger partial charge in [0, 0.05) is 20.0 Å². The molecule has 0 aromatic rings. The van der Waals surface area contributed by atoms with Crippen molar-refractivity contribution < 1.29 is 19.1 Å². The van der Waals surface area contributed by atoms with Gasteiger partial charge in [-0.2, -0.15) is 0 Å². The van der Waals surface area contributed by atoms with Crippen LogP contribution in [0.5, 0.6) is 0 Å². The third-order valence-electron chi connectivity index (χ3n) is 3.41. The summed E-state index contributed by atoms with van der Waals surface area (Å²) in [7, 11) is 1.26. The van der Waals surface area contributed by atoms with Crippen molar-refractivity contribution in [3.8, 4) is 0 Å². The maximum atomic E-state index is 12.4. The Labute approximate surface area is 119 Å². The van der Waals surface area contributed by atoms with E-state index in [-0.39, 0.29) is 23.8 Å². The highest BCUT2D eigenvalue weighted by Gasteiger charge is 2.37. The molecule has 114 valence electrons. The number of hydrogen-bond donors (Lipinski definition) is 2. The number of nitrogens with zero attached hydrogens (tertiary/aromatic N) is 1. The molecule has 0 bridgehead atoms. The van der Waals surface area contributed by atoms with Gasteiger partial charge in [0.25, 0.3) is 0 Å². The van der Waals surface area contributed by atoms with Crippen molar-refractivity contribution in [2.45, 2.75) is 39.3 Å². The lowest BCUT2D eigenvalue weighted by Crippen LogP contribution is -2.61. The normalized spacial score (nSPS) is 19.1. The van der Waals surface area contributed by atoms with Gasteiger partial charge < -0.3 is 20.3 Å². The van der Waals surface area contributed by atoms with E-state index in [9.17, 15) is 14.4 Å². The molecule has 0 aliphatic carbocycles. The molecule has 1 rings (SSSR count). The quantitative estimate of drug-likeness (QED) is 0.750. The topological polar surface area (TPSA) is 87.7 Å². The minimum atomic E-state index is -0.615. The minimum absolute atomic E-state index is 0.00657. The molecule has 3 amide bonds. The summed E-state index contributed by atoms with van der Waals surface area (Å²) < 4.78 is 4.54. The third kappa shape index (κ3) is 4.11. The highest BCUT2D eigenvalue weighted by Crippen LogP contribution is 2.20. The van der Waals surface area contributed by atoms with E-state index in [4.69, 9.17) is 0 Å². The predicted molar refractivity (Wildman–Crippen MR) is 73.0 cm³/mol. The summed E-state index contributed by atoms with van der Waals surface area (Å²) >= 11 is 0. The van der Waals surface area contributed by atoms with Crippen LogP contribution >= 0.6 is 0 Å². The van der Waals surface area contributed by atoms with Gasteiger partial charge in [-0.05, 0) is 12.3 Å². The van der Waals surface area contributed by atoms with E-state index in [2.05, 4.69) is 15.4 Å². The molecule has 1 unspecified atom stereocenters. The lowest BCUT2D eigenvalue weighted by Gasteiger charge is -2.43. The summed E-state index contributed by atoms with van der Waals surface area (Å²) in [6.45, 7) is 6.27. The first-order chi connectivity index (χ1) is 9.36. The molecule has 0 radical (unpaired) electrons. The summed E-state index contributed by atoms with van der Waals surface area (Å²) in [6, 6.07) is -0.602. The number of hydrogen-bond acceptors (Lipinski definition) is 4. The summed E-state index contributed by atoms with van der Waals surface area (Å²) in [6.07, 6.45) is 0.241. The number of alkyl carbamates (subject to hydrolysis) is 1. The van der Waals surface area contributed by atoms with Gasteiger partial charge in [-0.3, -0.25) is 9.59 Å². The van der Waals surface area contributed by atoms with Gasteiger partial charge in [0.05, 0.1) is 13.2 Å². The van der Waals surface area contributed by atoms with E-state index >= 15 is 0 Å². The molecule has 7 nitrogen and oxygen atoms in total. The molecule has 20 heavy (non-hydrogen) atoms. The maximum Gasteiger partial charge on any atom is 0.407 e. The van der Waals surface area contributed by atoms with Crippen molar-refractivity contribution in [3.05, 3.63) is 0 Å². The smallest absolute Gasteiger partial charge is 0.407 e. The fourth-order valence-corrected chi connectivity index (χ4v) is 2.08. The number of methoxy groups -OCH3 is 1. The SMILES string of the molecule is COC(=O)N[C@H](C(=O)N1CCC1CNC(C)=O)C(C)C. The zero-order valence-corrected chi connectivity index (χ0v) is 12.4. The second kappa shape index (κ2) is 7.12. The third-order valence-corrected chi connectivity index (χ3v) is 3.41. The highest BCUT2D eigenvalue weighted by atomic mass is 16.5. The van der Waals surface area contributed by atoms with Crippen LogP contribution in [0, 0.1) is 5.92 Å². The van der Waals surface area contributed by atoms with Crippen LogP contribution in [-0.4, -0.2) is 55.1 Å². The average molecular weight is 285 g/mol. The molecule has 2 atom stereocenters. The largest absolute Gasteiger partial charge is 0.453 e. The Bertz CT molecular complexity index is 384. The number of amides is 3.